The molecule has 1 fully saturated rings. The van der Waals surface area contributed by atoms with E-state index in [2.05, 4.69) is 21.3 Å². The fourth-order valence-corrected chi connectivity index (χ4v) is 5.10. The highest BCUT2D eigenvalue weighted by Gasteiger charge is 2.36. The molecule has 4 atom stereocenters. The molecule has 1 aliphatic heterocycles. The van der Waals surface area contributed by atoms with Crippen LogP contribution >= 0.6 is 0 Å². The van der Waals surface area contributed by atoms with Crippen LogP contribution in [0, 0.1) is 5.41 Å². The Hall–Kier alpha value is -4.71. The van der Waals surface area contributed by atoms with Gasteiger partial charge in [-0.2, -0.15) is 0 Å². The van der Waals surface area contributed by atoms with E-state index in [1.165, 1.54) is 12.2 Å². The number of benzene rings is 2. The highest BCUT2D eigenvalue weighted by molar-refractivity contribution is 5.99. The summed E-state index contributed by atoms with van der Waals surface area (Å²) >= 11 is 0. The lowest BCUT2D eigenvalue weighted by Crippen LogP contribution is -2.48. The molecule has 242 valence electrons. The summed E-state index contributed by atoms with van der Waals surface area (Å²) in [6.07, 6.45) is 3.59. The Morgan fingerprint density at radius 2 is 1.38 bits per heavy atom. The van der Waals surface area contributed by atoms with E-state index in [0.717, 1.165) is 5.56 Å². The number of anilines is 2. The van der Waals surface area contributed by atoms with E-state index in [1.54, 1.807) is 24.3 Å². The summed E-state index contributed by atoms with van der Waals surface area (Å²) in [5.74, 6) is -3.16. The summed E-state index contributed by atoms with van der Waals surface area (Å²) in [6.45, 7) is 6.21. The van der Waals surface area contributed by atoms with Crippen LogP contribution in [0.3, 0.4) is 0 Å². The number of carboxylic acid groups (broad SMARTS) is 2. The van der Waals surface area contributed by atoms with Gasteiger partial charge in [0.25, 0.3) is 0 Å². The molecule has 1 heterocycles. The van der Waals surface area contributed by atoms with E-state index in [4.69, 9.17) is 0 Å². The molecule has 0 radical (unpaired) electrons. The molecule has 4 unspecified atom stereocenters. The van der Waals surface area contributed by atoms with Crippen molar-refractivity contribution in [1.29, 1.82) is 0 Å². The smallest absolute Gasteiger partial charge is 0.326 e. The molecule has 45 heavy (non-hydrogen) atoms. The van der Waals surface area contributed by atoms with Crippen LogP contribution in [0.1, 0.15) is 57.9 Å². The molecular formula is C33H43N5O7. The molecule has 1 aliphatic rings. The Morgan fingerprint density at radius 1 is 0.844 bits per heavy atom. The van der Waals surface area contributed by atoms with E-state index in [9.17, 15) is 34.2 Å². The van der Waals surface area contributed by atoms with Crippen molar-refractivity contribution in [3.05, 3.63) is 72.3 Å². The lowest BCUT2D eigenvalue weighted by molar-refractivity contribution is -0.142. The minimum Gasteiger partial charge on any atom is -0.480 e. The Bertz CT molecular complexity index is 1370. The Kier molecular flexibility index (Phi) is 12.2. The molecule has 2 aromatic carbocycles. The summed E-state index contributed by atoms with van der Waals surface area (Å²) < 4.78 is 0. The summed E-state index contributed by atoms with van der Waals surface area (Å²) in [4.78, 5) is 62.9. The molecule has 6 N–H and O–H groups in total. The van der Waals surface area contributed by atoms with Gasteiger partial charge in [-0.15, -0.1) is 0 Å². The zero-order valence-electron chi connectivity index (χ0n) is 26.1. The molecular weight excluding hydrogens is 578 g/mol. The van der Waals surface area contributed by atoms with Gasteiger partial charge in [-0.25, -0.2) is 14.4 Å². The quantitative estimate of drug-likeness (QED) is 0.182. The number of carbonyl (C=O) groups is 5. The second-order valence-corrected chi connectivity index (χ2v) is 12.5. The van der Waals surface area contributed by atoms with Crippen molar-refractivity contribution in [3.63, 3.8) is 0 Å². The van der Waals surface area contributed by atoms with E-state index in [-0.39, 0.29) is 42.5 Å². The number of rotatable bonds is 13. The lowest BCUT2D eigenvalue weighted by Gasteiger charge is -2.21. The second kappa shape index (κ2) is 15.8. The number of likely N-dealkylation sites (N-methyl/N-ethyl adjacent to an activating group) is 1. The number of aliphatic carboxylic acids is 2. The number of urea groups is 1. The maximum atomic E-state index is 13.1. The molecule has 0 saturated carbocycles. The summed E-state index contributed by atoms with van der Waals surface area (Å²) in [5.41, 5.74) is 1.99. The van der Waals surface area contributed by atoms with Gasteiger partial charge in [-0.05, 0) is 67.5 Å². The van der Waals surface area contributed by atoms with Crippen molar-refractivity contribution in [3.8, 4) is 0 Å². The molecule has 12 nitrogen and oxygen atoms in total. The van der Waals surface area contributed by atoms with Crippen molar-refractivity contribution >= 4 is 41.2 Å². The SMILES string of the molecule is CN1CC(c2ccc(NC(=O)Nc3ccccc3)cc2)CC1C(=O)NC(CC=CCC(NC(=O)CC(C)(C)C)C(=O)O)C(=O)O. The van der Waals surface area contributed by atoms with Crippen molar-refractivity contribution in [2.45, 2.75) is 70.5 Å². The minimum absolute atomic E-state index is 0.0233. The Labute approximate surface area is 263 Å². The summed E-state index contributed by atoms with van der Waals surface area (Å²) in [5, 5.41) is 29.8. The maximum absolute atomic E-state index is 13.1. The monoisotopic (exact) mass is 621 g/mol. The van der Waals surface area contributed by atoms with Gasteiger partial charge in [0, 0.05) is 24.3 Å². The van der Waals surface area contributed by atoms with Gasteiger partial charge in [0.1, 0.15) is 12.1 Å². The van der Waals surface area contributed by atoms with Gasteiger partial charge in [0.15, 0.2) is 0 Å². The minimum atomic E-state index is -1.21. The normalized spacial score (nSPS) is 18.1. The number of hydrogen-bond donors (Lipinski definition) is 6. The van der Waals surface area contributed by atoms with E-state index >= 15 is 0 Å². The average molecular weight is 622 g/mol. The van der Waals surface area contributed by atoms with Gasteiger partial charge in [0.05, 0.1) is 6.04 Å². The zero-order chi connectivity index (χ0) is 33.1. The number of nitrogens with one attached hydrogen (secondary N) is 4. The molecule has 0 spiro atoms. The van der Waals surface area contributed by atoms with Crippen LogP contribution in [0.25, 0.3) is 0 Å². The first-order chi connectivity index (χ1) is 21.2. The first-order valence-corrected chi connectivity index (χ1v) is 14.9. The molecule has 3 rings (SSSR count). The fourth-order valence-electron chi connectivity index (χ4n) is 5.10. The second-order valence-electron chi connectivity index (χ2n) is 12.5. The van der Waals surface area contributed by atoms with E-state index in [1.807, 2.05) is 63.1 Å². The number of likely N-dealkylation sites (tertiary alicyclic amines) is 1. The molecule has 0 aromatic heterocycles. The van der Waals surface area contributed by atoms with Gasteiger partial charge in [0.2, 0.25) is 11.8 Å². The summed E-state index contributed by atoms with van der Waals surface area (Å²) in [7, 11) is 1.81. The number of hydrogen-bond acceptors (Lipinski definition) is 6. The first kappa shape index (κ1) is 34.8. The predicted octanol–water partition coefficient (Wildman–Crippen LogP) is 4.03. The highest BCUT2D eigenvalue weighted by Crippen LogP contribution is 2.31. The van der Waals surface area contributed by atoms with Gasteiger partial charge < -0.3 is 31.5 Å². The Balaban J connectivity index is 1.51. The number of carbonyl (C=O) groups excluding carboxylic acids is 3. The number of carboxylic acids is 2. The number of amides is 4. The topological polar surface area (TPSA) is 177 Å². The van der Waals surface area contributed by atoms with Crippen LogP contribution in [-0.4, -0.2) is 76.6 Å². The van der Waals surface area contributed by atoms with Crippen LogP contribution in [0.15, 0.2) is 66.7 Å². The average Bonchev–Trinajstić information content (AvgIpc) is 3.35. The van der Waals surface area contributed by atoms with E-state index in [0.29, 0.717) is 24.3 Å². The fraction of sp³-hybridized carbons (Fsp3) is 0.424. The number of para-hydroxylation sites is 1. The van der Waals surface area contributed by atoms with Gasteiger partial charge >= 0.3 is 18.0 Å². The van der Waals surface area contributed by atoms with Crippen molar-refractivity contribution in [2.24, 2.45) is 5.41 Å². The third kappa shape index (κ3) is 11.4. The van der Waals surface area contributed by atoms with Crippen LogP contribution in [0.4, 0.5) is 16.2 Å². The molecule has 0 aliphatic carbocycles. The standard InChI is InChI=1S/C33H43N5O7/c1-33(2,3)19-28(39)36-25(30(41)42)12-8-9-13-26(31(43)44)37-29(40)27-18-22(20-38(27)4)21-14-16-24(17-15-21)35-32(45)34-23-10-6-5-7-11-23/h5-11,14-17,22,25-27H,12-13,18-20H2,1-4H3,(H,36,39)(H,37,40)(H,41,42)(H,43,44)(H2,34,35,45). The number of nitrogens with zero attached hydrogens (tertiary/aromatic N) is 1. The van der Waals surface area contributed by atoms with Crippen LogP contribution in [0.5, 0.6) is 0 Å². The van der Waals surface area contributed by atoms with Crippen molar-refractivity contribution in [1.82, 2.24) is 15.5 Å². The zero-order valence-corrected chi connectivity index (χ0v) is 26.1. The van der Waals surface area contributed by atoms with Gasteiger partial charge in [-0.3, -0.25) is 14.5 Å². The third-order valence-electron chi connectivity index (χ3n) is 7.37. The largest absolute Gasteiger partial charge is 0.480 e. The lowest BCUT2D eigenvalue weighted by atomic mass is 9.92. The molecule has 1 saturated heterocycles. The van der Waals surface area contributed by atoms with Gasteiger partial charge in [-0.1, -0.05) is 63.3 Å². The van der Waals surface area contributed by atoms with Crippen LogP contribution < -0.4 is 21.3 Å². The van der Waals surface area contributed by atoms with Crippen LogP contribution in [0.2, 0.25) is 0 Å². The third-order valence-corrected chi connectivity index (χ3v) is 7.37. The molecule has 4 amide bonds. The van der Waals surface area contributed by atoms with Crippen LogP contribution in [-0.2, 0) is 19.2 Å². The molecule has 2 aromatic rings. The molecule has 12 heteroatoms. The van der Waals surface area contributed by atoms with Crippen molar-refractivity contribution < 1.29 is 34.2 Å². The molecule has 0 bridgehead atoms. The summed E-state index contributed by atoms with van der Waals surface area (Å²) in [6, 6.07) is 13.2. The van der Waals surface area contributed by atoms with E-state index < -0.39 is 36.0 Å². The first-order valence-electron chi connectivity index (χ1n) is 14.9. The van der Waals surface area contributed by atoms with Crippen molar-refractivity contribution in [2.75, 3.05) is 24.2 Å². The maximum Gasteiger partial charge on any atom is 0.326 e. The Morgan fingerprint density at radius 3 is 1.91 bits per heavy atom. The predicted molar refractivity (Wildman–Crippen MR) is 171 cm³/mol. The highest BCUT2D eigenvalue weighted by atomic mass is 16.4.